The molecule has 3 aliphatic rings. The van der Waals surface area contributed by atoms with Gasteiger partial charge in [0, 0.05) is 25.3 Å². The van der Waals surface area contributed by atoms with E-state index >= 15 is 0 Å². The predicted molar refractivity (Wildman–Crippen MR) is 78.2 cm³/mol. The van der Waals surface area contributed by atoms with Crippen LogP contribution in [0.2, 0.25) is 0 Å². The van der Waals surface area contributed by atoms with Crippen molar-refractivity contribution in [2.24, 2.45) is 11.1 Å². The van der Waals surface area contributed by atoms with Crippen molar-refractivity contribution in [1.29, 1.82) is 0 Å². The van der Waals surface area contributed by atoms with E-state index in [0.29, 0.717) is 5.41 Å². The first-order chi connectivity index (χ1) is 9.29. The van der Waals surface area contributed by atoms with Crippen molar-refractivity contribution >= 4 is 0 Å². The van der Waals surface area contributed by atoms with Gasteiger partial charge in [-0.15, -0.1) is 0 Å². The Balaban J connectivity index is 1.64. The normalized spacial score (nSPS) is 36.5. The number of nitrogens with two attached hydrogens (primary N) is 1. The second kappa shape index (κ2) is 5.71. The van der Waals surface area contributed by atoms with Crippen LogP contribution in [-0.2, 0) is 4.74 Å². The lowest BCUT2D eigenvalue weighted by molar-refractivity contribution is 0.00979. The Hall–Kier alpha value is -0.120. The highest BCUT2D eigenvalue weighted by molar-refractivity contribution is 4.98. The fourth-order valence-corrected chi connectivity index (χ4v) is 4.72. The Morgan fingerprint density at radius 2 is 1.58 bits per heavy atom. The topological polar surface area (TPSA) is 38.5 Å². The number of nitrogens with zero attached hydrogens (tertiary/aromatic N) is 1. The average Bonchev–Trinajstić information content (AvgIpc) is 2.76. The number of rotatable bonds is 2. The molecule has 0 radical (unpaired) electrons. The molecule has 0 bridgehead atoms. The molecule has 2 heterocycles. The Morgan fingerprint density at radius 1 is 0.842 bits per heavy atom. The van der Waals surface area contributed by atoms with Gasteiger partial charge in [0.25, 0.3) is 0 Å². The van der Waals surface area contributed by atoms with Gasteiger partial charge in [0.15, 0.2) is 0 Å². The molecule has 3 heteroatoms. The van der Waals surface area contributed by atoms with Crippen LogP contribution in [0, 0.1) is 5.41 Å². The highest BCUT2D eigenvalue weighted by Gasteiger charge is 2.43. The molecule has 2 saturated heterocycles. The molecule has 1 aliphatic carbocycles. The summed E-state index contributed by atoms with van der Waals surface area (Å²) in [4.78, 5) is 2.73. The summed E-state index contributed by atoms with van der Waals surface area (Å²) in [5.74, 6) is 0. The molecule has 110 valence electrons. The second-order valence-electron chi connectivity index (χ2n) is 7.09. The van der Waals surface area contributed by atoms with Crippen molar-refractivity contribution < 1.29 is 4.74 Å². The van der Waals surface area contributed by atoms with E-state index in [9.17, 15) is 0 Å². The van der Waals surface area contributed by atoms with Crippen LogP contribution in [0.4, 0.5) is 0 Å². The van der Waals surface area contributed by atoms with E-state index in [4.69, 9.17) is 10.5 Å². The molecule has 1 spiro atoms. The van der Waals surface area contributed by atoms with Gasteiger partial charge < -0.3 is 10.5 Å². The highest BCUT2D eigenvalue weighted by Crippen LogP contribution is 2.47. The van der Waals surface area contributed by atoms with E-state index in [2.05, 4.69) is 4.90 Å². The first kappa shape index (κ1) is 13.8. The van der Waals surface area contributed by atoms with Crippen molar-refractivity contribution in [1.82, 2.24) is 4.90 Å². The first-order valence-electron chi connectivity index (χ1n) is 8.32. The number of piperidine rings is 1. The lowest BCUT2D eigenvalue weighted by atomic mass is 9.75. The maximum atomic E-state index is 6.19. The Kier molecular flexibility index (Phi) is 4.16. The SMILES string of the molecule is NCC1(N2CCC3(CCCC3)CC2)CCCOCC1. The van der Waals surface area contributed by atoms with E-state index < -0.39 is 0 Å². The van der Waals surface area contributed by atoms with Crippen molar-refractivity contribution in [3.05, 3.63) is 0 Å². The van der Waals surface area contributed by atoms with E-state index in [-0.39, 0.29) is 5.54 Å². The molecular formula is C16H30N2O. The molecule has 0 aromatic rings. The molecule has 3 fully saturated rings. The van der Waals surface area contributed by atoms with Gasteiger partial charge in [-0.25, -0.2) is 0 Å². The van der Waals surface area contributed by atoms with Crippen LogP contribution in [-0.4, -0.2) is 43.3 Å². The largest absolute Gasteiger partial charge is 0.381 e. The van der Waals surface area contributed by atoms with E-state index in [1.165, 1.54) is 64.5 Å². The molecule has 0 amide bonds. The maximum absolute atomic E-state index is 6.19. The maximum Gasteiger partial charge on any atom is 0.0484 e. The zero-order valence-corrected chi connectivity index (χ0v) is 12.3. The van der Waals surface area contributed by atoms with Crippen LogP contribution < -0.4 is 5.73 Å². The number of ether oxygens (including phenoxy) is 1. The van der Waals surface area contributed by atoms with Gasteiger partial charge in [0.1, 0.15) is 0 Å². The lowest BCUT2D eigenvalue weighted by Gasteiger charge is -2.49. The lowest BCUT2D eigenvalue weighted by Crippen LogP contribution is -2.57. The van der Waals surface area contributed by atoms with E-state index in [1.807, 2.05) is 0 Å². The summed E-state index contributed by atoms with van der Waals surface area (Å²) in [6.07, 6.45) is 12.3. The van der Waals surface area contributed by atoms with Crippen LogP contribution in [0.1, 0.15) is 57.8 Å². The smallest absolute Gasteiger partial charge is 0.0484 e. The Labute approximate surface area is 117 Å². The monoisotopic (exact) mass is 266 g/mol. The van der Waals surface area contributed by atoms with Gasteiger partial charge in [0.05, 0.1) is 0 Å². The van der Waals surface area contributed by atoms with Crippen LogP contribution in [0.15, 0.2) is 0 Å². The fourth-order valence-electron chi connectivity index (χ4n) is 4.72. The molecule has 1 unspecified atom stereocenters. The molecule has 2 N–H and O–H groups in total. The molecular weight excluding hydrogens is 236 g/mol. The number of likely N-dealkylation sites (tertiary alicyclic amines) is 1. The molecule has 2 aliphatic heterocycles. The van der Waals surface area contributed by atoms with Crippen molar-refractivity contribution in [2.75, 3.05) is 32.8 Å². The summed E-state index contributed by atoms with van der Waals surface area (Å²) in [6.45, 7) is 5.19. The molecule has 1 saturated carbocycles. The summed E-state index contributed by atoms with van der Waals surface area (Å²) in [7, 11) is 0. The standard InChI is InChI=1S/C16H30N2O/c17-14-16(6-3-12-19-13-9-16)18-10-7-15(8-11-18)4-1-2-5-15/h1-14,17H2. The van der Waals surface area contributed by atoms with E-state index in [0.717, 1.165) is 26.2 Å². The molecule has 19 heavy (non-hydrogen) atoms. The molecule has 0 aromatic heterocycles. The molecule has 0 aromatic carbocycles. The Bertz CT molecular complexity index is 281. The van der Waals surface area contributed by atoms with Crippen molar-refractivity contribution in [3.63, 3.8) is 0 Å². The van der Waals surface area contributed by atoms with Crippen LogP contribution >= 0.6 is 0 Å². The third kappa shape index (κ3) is 2.70. The quantitative estimate of drug-likeness (QED) is 0.835. The number of hydrogen-bond acceptors (Lipinski definition) is 3. The third-order valence-electron chi connectivity index (χ3n) is 6.18. The zero-order valence-electron chi connectivity index (χ0n) is 12.3. The molecule has 3 nitrogen and oxygen atoms in total. The third-order valence-corrected chi connectivity index (χ3v) is 6.18. The van der Waals surface area contributed by atoms with Gasteiger partial charge in [-0.2, -0.15) is 0 Å². The minimum Gasteiger partial charge on any atom is -0.381 e. The highest BCUT2D eigenvalue weighted by atomic mass is 16.5. The zero-order chi connectivity index (χ0) is 13.2. The number of hydrogen-bond donors (Lipinski definition) is 1. The predicted octanol–water partition coefficient (Wildman–Crippen LogP) is 2.54. The van der Waals surface area contributed by atoms with Crippen molar-refractivity contribution in [3.8, 4) is 0 Å². The summed E-state index contributed by atoms with van der Waals surface area (Å²) >= 11 is 0. The van der Waals surface area contributed by atoms with Gasteiger partial charge in [-0.05, 0) is 63.5 Å². The molecule has 1 atom stereocenters. The second-order valence-corrected chi connectivity index (χ2v) is 7.09. The van der Waals surface area contributed by atoms with Gasteiger partial charge in [-0.3, -0.25) is 4.90 Å². The van der Waals surface area contributed by atoms with E-state index in [1.54, 1.807) is 0 Å². The van der Waals surface area contributed by atoms with Gasteiger partial charge in [0.2, 0.25) is 0 Å². The van der Waals surface area contributed by atoms with Crippen molar-refractivity contribution in [2.45, 2.75) is 63.3 Å². The fraction of sp³-hybridized carbons (Fsp3) is 1.00. The summed E-state index contributed by atoms with van der Waals surface area (Å²) in [5.41, 5.74) is 7.15. The Morgan fingerprint density at radius 3 is 2.26 bits per heavy atom. The van der Waals surface area contributed by atoms with Gasteiger partial charge >= 0.3 is 0 Å². The summed E-state index contributed by atoms with van der Waals surface area (Å²) in [6, 6.07) is 0. The van der Waals surface area contributed by atoms with Crippen LogP contribution in [0.5, 0.6) is 0 Å². The minimum atomic E-state index is 0.247. The average molecular weight is 266 g/mol. The summed E-state index contributed by atoms with van der Waals surface area (Å²) in [5, 5.41) is 0. The van der Waals surface area contributed by atoms with Crippen LogP contribution in [0.25, 0.3) is 0 Å². The minimum absolute atomic E-state index is 0.247. The van der Waals surface area contributed by atoms with Crippen LogP contribution in [0.3, 0.4) is 0 Å². The first-order valence-corrected chi connectivity index (χ1v) is 8.32. The van der Waals surface area contributed by atoms with Gasteiger partial charge in [-0.1, -0.05) is 12.8 Å². The summed E-state index contributed by atoms with van der Waals surface area (Å²) < 4.78 is 5.65. The molecule has 3 rings (SSSR count).